The van der Waals surface area contributed by atoms with Gasteiger partial charge >= 0.3 is 0 Å². The van der Waals surface area contributed by atoms with Crippen molar-refractivity contribution in [1.82, 2.24) is 0 Å². The number of para-hydroxylation sites is 1. The minimum absolute atomic E-state index is 0.0243. The van der Waals surface area contributed by atoms with E-state index in [2.05, 4.69) is 78.8 Å². The predicted molar refractivity (Wildman–Crippen MR) is 126 cm³/mol. The maximum absolute atomic E-state index is 6.58. The normalized spacial score (nSPS) is 14.7. The molecule has 2 aromatic rings. The van der Waals surface area contributed by atoms with Gasteiger partial charge in [-0.15, -0.1) is 0 Å². The Morgan fingerprint density at radius 1 is 0.733 bits per heavy atom. The smallest absolute Gasteiger partial charge is 0.202 e. The lowest BCUT2D eigenvalue weighted by Crippen LogP contribution is -2.67. The molecule has 2 atom stereocenters. The molecule has 2 aromatic carbocycles. The molecule has 0 aliphatic rings. The average Bonchev–Trinajstić information content (AvgIpc) is 2.67. The van der Waals surface area contributed by atoms with Crippen LogP contribution in [0, 0.1) is 11.8 Å². The molecule has 166 valence electrons. The van der Waals surface area contributed by atoms with Gasteiger partial charge in [0.05, 0.1) is 13.1 Å². The summed E-state index contributed by atoms with van der Waals surface area (Å²) in [6.07, 6.45) is -0.352. The Morgan fingerprint density at radius 2 is 1.20 bits per heavy atom. The van der Waals surface area contributed by atoms with Crippen LogP contribution in [0.2, 0.25) is 0 Å². The average molecular weight is 413 g/mol. The Balaban J connectivity index is 2.40. The fourth-order valence-corrected chi connectivity index (χ4v) is 4.80. The minimum atomic E-state index is -0.328. The van der Waals surface area contributed by atoms with Crippen molar-refractivity contribution in [2.45, 2.75) is 73.4 Å². The minimum Gasteiger partial charge on any atom is -0.465 e. The molecule has 0 heterocycles. The highest BCUT2D eigenvalue weighted by molar-refractivity contribution is 5.22. The molecule has 0 aliphatic carbocycles. The molecule has 0 saturated heterocycles. The summed E-state index contributed by atoms with van der Waals surface area (Å²) in [5.41, 5.74) is 1.24. The van der Waals surface area contributed by atoms with Gasteiger partial charge in [0.15, 0.2) is 6.23 Å². The molecule has 30 heavy (non-hydrogen) atoms. The summed E-state index contributed by atoms with van der Waals surface area (Å²) in [5.74, 6) is 1.93. The molecular formula is C27H42NO2+. The van der Waals surface area contributed by atoms with Crippen LogP contribution in [0.1, 0.15) is 61.0 Å². The lowest BCUT2D eigenvalue weighted by atomic mass is 9.86. The van der Waals surface area contributed by atoms with E-state index in [4.69, 9.17) is 9.47 Å². The van der Waals surface area contributed by atoms with Crippen molar-refractivity contribution in [2.24, 2.45) is 11.8 Å². The van der Waals surface area contributed by atoms with Crippen molar-refractivity contribution < 1.29 is 14.0 Å². The number of ether oxygens (including phenoxy) is 2. The lowest BCUT2D eigenvalue weighted by Gasteiger charge is -2.55. The molecule has 0 bridgehead atoms. The molecule has 0 spiro atoms. The Kier molecular flexibility index (Phi) is 8.52. The van der Waals surface area contributed by atoms with E-state index < -0.39 is 0 Å². The third-order valence-corrected chi connectivity index (χ3v) is 6.11. The maximum atomic E-state index is 6.58. The summed E-state index contributed by atoms with van der Waals surface area (Å²) >= 11 is 0. The summed E-state index contributed by atoms with van der Waals surface area (Å²) < 4.78 is 13.5. The zero-order chi connectivity index (χ0) is 22.4. The topological polar surface area (TPSA) is 18.5 Å². The second-order valence-electron chi connectivity index (χ2n) is 9.85. The maximum Gasteiger partial charge on any atom is 0.202 e. The van der Waals surface area contributed by atoms with Crippen LogP contribution in [0.15, 0.2) is 60.7 Å². The second kappa shape index (κ2) is 10.5. The fourth-order valence-electron chi connectivity index (χ4n) is 4.80. The number of hydrogen-bond donors (Lipinski definition) is 0. The van der Waals surface area contributed by atoms with E-state index in [0.29, 0.717) is 11.8 Å². The van der Waals surface area contributed by atoms with Gasteiger partial charge in [-0.2, -0.15) is 0 Å². The quantitative estimate of drug-likeness (QED) is 0.297. The first-order valence-corrected chi connectivity index (χ1v) is 11.4. The van der Waals surface area contributed by atoms with Crippen LogP contribution in [-0.4, -0.2) is 30.1 Å². The van der Waals surface area contributed by atoms with Crippen LogP contribution in [0.25, 0.3) is 0 Å². The Labute approximate surface area is 184 Å². The van der Waals surface area contributed by atoms with Gasteiger partial charge in [-0.05, 0) is 32.9 Å². The highest BCUT2D eigenvalue weighted by atomic mass is 16.7. The first-order chi connectivity index (χ1) is 14.1. The first-order valence-electron chi connectivity index (χ1n) is 11.4. The zero-order valence-corrected chi connectivity index (χ0v) is 20.3. The van der Waals surface area contributed by atoms with E-state index in [0.717, 1.165) is 23.3 Å². The first kappa shape index (κ1) is 24.4. The monoisotopic (exact) mass is 412 g/mol. The number of rotatable bonds is 11. The van der Waals surface area contributed by atoms with E-state index in [1.165, 1.54) is 5.56 Å². The van der Waals surface area contributed by atoms with E-state index in [9.17, 15) is 0 Å². The van der Waals surface area contributed by atoms with Crippen LogP contribution in [-0.2, 0) is 10.3 Å². The van der Waals surface area contributed by atoms with Crippen LogP contribution >= 0.6 is 0 Å². The summed E-state index contributed by atoms with van der Waals surface area (Å²) in [5, 5.41) is 0. The van der Waals surface area contributed by atoms with Crippen molar-refractivity contribution >= 4 is 0 Å². The molecule has 3 nitrogen and oxygen atoms in total. The molecule has 0 saturated carbocycles. The van der Waals surface area contributed by atoms with Crippen molar-refractivity contribution in [3.8, 4) is 5.75 Å². The van der Waals surface area contributed by atoms with Gasteiger partial charge in [0.1, 0.15) is 11.3 Å². The van der Waals surface area contributed by atoms with Gasteiger partial charge in [-0.25, -0.2) is 0 Å². The molecule has 2 rings (SSSR count). The van der Waals surface area contributed by atoms with Crippen LogP contribution in [0.3, 0.4) is 0 Å². The van der Waals surface area contributed by atoms with E-state index in [1.807, 2.05) is 37.3 Å². The summed E-state index contributed by atoms with van der Waals surface area (Å²) in [4.78, 5) is 0. The summed E-state index contributed by atoms with van der Waals surface area (Å²) in [6, 6.07) is 20.8. The number of benzene rings is 2. The van der Waals surface area contributed by atoms with Gasteiger partial charge in [-0.1, -0.05) is 76.2 Å². The van der Waals surface area contributed by atoms with Gasteiger partial charge in [-0.3, -0.25) is 9.22 Å². The summed E-state index contributed by atoms with van der Waals surface area (Å²) in [7, 11) is 0. The van der Waals surface area contributed by atoms with Crippen molar-refractivity contribution in [1.29, 1.82) is 0 Å². The fraction of sp³-hybridized carbons (Fsp3) is 0.556. The van der Waals surface area contributed by atoms with Crippen LogP contribution in [0.5, 0.6) is 5.75 Å². The Hall–Kier alpha value is -1.84. The third-order valence-electron chi connectivity index (χ3n) is 6.11. The number of nitrogens with zero attached hydrogens (tertiary/aromatic N) is 1. The molecule has 0 N–H and O–H groups in total. The summed E-state index contributed by atoms with van der Waals surface area (Å²) in [6.45, 7) is 20.3. The molecule has 0 aliphatic heterocycles. The molecule has 3 heteroatoms. The SMILES string of the molecule is CC(C)C[N+](CC(C)C)(C(C)OC(C)Oc1ccccc1)C(C)(C)c1ccccc1. The van der Waals surface area contributed by atoms with Gasteiger partial charge in [0.2, 0.25) is 6.29 Å². The Bertz CT molecular complexity index is 730. The molecule has 0 aromatic heterocycles. The highest BCUT2D eigenvalue weighted by Gasteiger charge is 2.50. The standard InChI is InChI=1S/C27H42NO2/c1-21(2)19-28(20-22(3)4,27(7,8)25-15-11-9-12-16-25)23(5)29-24(6)30-26-17-13-10-14-18-26/h9-18,21-24H,19-20H2,1-8H3/q+1. The number of quaternary nitrogens is 1. The molecule has 0 fully saturated rings. The zero-order valence-electron chi connectivity index (χ0n) is 20.3. The second-order valence-corrected chi connectivity index (χ2v) is 9.85. The third kappa shape index (κ3) is 5.86. The van der Waals surface area contributed by atoms with Crippen LogP contribution < -0.4 is 4.74 Å². The largest absolute Gasteiger partial charge is 0.465 e. The van der Waals surface area contributed by atoms with Crippen molar-refractivity contribution in [2.75, 3.05) is 13.1 Å². The van der Waals surface area contributed by atoms with Gasteiger partial charge in [0, 0.05) is 24.3 Å². The van der Waals surface area contributed by atoms with Crippen molar-refractivity contribution in [3.63, 3.8) is 0 Å². The molecule has 0 radical (unpaired) electrons. The lowest BCUT2D eigenvalue weighted by molar-refractivity contribution is -1.02. The Morgan fingerprint density at radius 3 is 1.67 bits per heavy atom. The van der Waals surface area contributed by atoms with E-state index in [1.54, 1.807) is 0 Å². The molecule has 0 amide bonds. The van der Waals surface area contributed by atoms with Crippen LogP contribution in [0.4, 0.5) is 0 Å². The predicted octanol–water partition coefficient (Wildman–Crippen LogP) is 6.84. The molecular weight excluding hydrogens is 370 g/mol. The number of hydrogen-bond acceptors (Lipinski definition) is 2. The molecule has 2 unspecified atom stereocenters. The van der Waals surface area contributed by atoms with E-state index in [-0.39, 0.29) is 18.1 Å². The van der Waals surface area contributed by atoms with Gasteiger partial charge < -0.3 is 4.74 Å². The highest BCUT2D eigenvalue weighted by Crippen LogP contribution is 2.40. The van der Waals surface area contributed by atoms with Gasteiger partial charge in [0.25, 0.3) is 0 Å². The van der Waals surface area contributed by atoms with Crippen molar-refractivity contribution in [3.05, 3.63) is 66.2 Å². The van der Waals surface area contributed by atoms with E-state index >= 15 is 0 Å².